The Morgan fingerprint density at radius 2 is 1.74 bits per heavy atom. The Morgan fingerprint density at radius 1 is 1.26 bits per heavy atom. The number of rotatable bonds is 6. The highest BCUT2D eigenvalue weighted by Gasteiger charge is 2.48. The lowest BCUT2D eigenvalue weighted by Gasteiger charge is -2.07. The summed E-state index contributed by atoms with van der Waals surface area (Å²) in [5.74, 6) is -0.817. The average Bonchev–Trinajstić information content (AvgIpc) is 2.94. The van der Waals surface area contributed by atoms with Gasteiger partial charge in [-0.15, -0.1) is 0 Å². The number of ether oxygens (including phenoxy) is 1. The number of epoxide rings is 1. The fourth-order valence-corrected chi connectivity index (χ4v) is 2.47. The normalized spacial score (nSPS) is 22.2. The molecular formula is C7H17NO9P2. The van der Waals surface area contributed by atoms with Gasteiger partial charge in [-0.05, 0) is 13.3 Å². The molecule has 0 unspecified atom stereocenters. The van der Waals surface area contributed by atoms with Crippen molar-refractivity contribution in [3.8, 4) is 0 Å². The molecule has 1 rings (SSSR count). The smallest absolute Gasteiger partial charge is 0.356 e. The Bertz CT molecular complexity index is 377. The predicted molar refractivity (Wildman–Crippen MR) is 62.5 cm³/mol. The van der Waals surface area contributed by atoms with Crippen molar-refractivity contribution in [2.24, 2.45) is 0 Å². The van der Waals surface area contributed by atoms with E-state index in [1.165, 1.54) is 0 Å². The van der Waals surface area contributed by atoms with Crippen molar-refractivity contribution in [2.75, 3.05) is 12.7 Å². The maximum absolute atomic E-state index is 10.2. The van der Waals surface area contributed by atoms with E-state index in [-0.39, 0.29) is 31.6 Å². The number of hydrogen-bond acceptors (Lipinski definition) is 5. The van der Waals surface area contributed by atoms with Crippen molar-refractivity contribution in [1.29, 1.82) is 0 Å². The molecule has 1 heterocycles. The molecule has 0 aromatic rings. The van der Waals surface area contributed by atoms with E-state index in [2.05, 4.69) is 4.74 Å². The van der Waals surface area contributed by atoms with Crippen LogP contribution in [0.2, 0.25) is 0 Å². The summed E-state index contributed by atoms with van der Waals surface area (Å²) < 4.78 is 24.9. The van der Waals surface area contributed by atoms with Crippen LogP contribution in [0.4, 0.5) is 0 Å². The van der Waals surface area contributed by atoms with Crippen molar-refractivity contribution in [3.05, 3.63) is 0 Å². The van der Waals surface area contributed by atoms with Gasteiger partial charge in [0.25, 0.3) is 0 Å². The molecule has 0 aromatic carbocycles. The highest BCUT2D eigenvalue weighted by Crippen LogP contribution is 2.52. The van der Waals surface area contributed by atoms with Crippen LogP contribution in [0, 0.1) is 0 Å². The van der Waals surface area contributed by atoms with Crippen molar-refractivity contribution < 1.29 is 43.4 Å². The Balaban J connectivity index is 0.000000356. The largest absolute Gasteiger partial charge is 0.356 e. The number of carbonyl (C=O) groups excluding carboxylic acids is 1. The molecule has 1 saturated heterocycles. The zero-order valence-corrected chi connectivity index (χ0v) is 11.9. The van der Waals surface area contributed by atoms with Gasteiger partial charge in [-0.1, -0.05) is 0 Å². The molecule has 0 radical (unpaired) electrons. The quantitative estimate of drug-likeness (QED) is 0.140. The minimum absolute atomic E-state index is 0.0609. The van der Waals surface area contributed by atoms with Crippen LogP contribution < -0.4 is 0 Å². The van der Waals surface area contributed by atoms with Gasteiger partial charge in [-0.25, -0.2) is 5.06 Å². The minimum Gasteiger partial charge on any atom is -0.356 e. The topological polar surface area (TPSA) is 168 Å². The van der Waals surface area contributed by atoms with Gasteiger partial charge in [0.1, 0.15) is 0 Å². The van der Waals surface area contributed by atoms with Crippen molar-refractivity contribution in [1.82, 2.24) is 5.06 Å². The molecule has 5 N–H and O–H groups in total. The molecule has 0 aliphatic carbocycles. The lowest BCUT2D eigenvalue weighted by Crippen LogP contribution is -2.18. The van der Waals surface area contributed by atoms with Crippen molar-refractivity contribution >= 4 is 21.6 Å². The second kappa shape index (κ2) is 7.47. The van der Waals surface area contributed by atoms with E-state index in [4.69, 9.17) is 24.8 Å². The summed E-state index contributed by atoms with van der Waals surface area (Å²) in [6.45, 7) is 1.57. The second-order valence-electron chi connectivity index (χ2n) is 3.83. The Kier molecular flexibility index (Phi) is 7.34. The lowest BCUT2D eigenvalue weighted by atomic mass is 10.5. The monoisotopic (exact) mass is 321 g/mol. The van der Waals surface area contributed by atoms with E-state index < -0.39 is 21.0 Å². The van der Waals surface area contributed by atoms with Crippen LogP contribution in [0.15, 0.2) is 0 Å². The van der Waals surface area contributed by atoms with Gasteiger partial charge < -0.3 is 24.3 Å². The molecule has 1 aliphatic heterocycles. The van der Waals surface area contributed by atoms with E-state index in [9.17, 15) is 13.9 Å². The molecule has 1 amide bonds. The fourth-order valence-electron chi connectivity index (χ4n) is 1.02. The summed E-state index contributed by atoms with van der Waals surface area (Å²) in [5, 5.41) is 8.81. The first kappa shape index (κ1) is 18.7. The molecule has 0 aromatic heterocycles. The Morgan fingerprint density at radius 3 is 1.95 bits per heavy atom. The molecule has 0 saturated carbocycles. The maximum Gasteiger partial charge on any atom is 0.356 e. The highest BCUT2D eigenvalue weighted by molar-refractivity contribution is 7.52. The summed E-state index contributed by atoms with van der Waals surface area (Å²) in [5.41, 5.74) is 0. The molecular weight excluding hydrogens is 304 g/mol. The van der Waals surface area contributed by atoms with Gasteiger partial charge in [0.05, 0.1) is 12.3 Å². The van der Waals surface area contributed by atoms with Crippen molar-refractivity contribution in [3.63, 3.8) is 0 Å². The van der Waals surface area contributed by atoms with Crippen molar-refractivity contribution in [2.45, 2.75) is 25.3 Å². The number of amides is 1. The first-order valence-electron chi connectivity index (χ1n) is 5.13. The molecule has 0 spiro atoms. The van der Waals surface area contributed by atoms with E-state index in [1.807, 2.05) is 0 Å². The minimum atomic E-state index is -3.99. The number of hydroxylamine groups is 2. The summed E-state index contributed by atoms with van der Waals surface area (Å²) in [7, 11) is -7.89. The molecule has 0 bridgehead atoms. The van der Waals surface area contributed by atoms with Crippen LogP contribution in [0.3, 0.4) is 0 Å². The third-order valence-electron chi connectivity index (χ3n) is 1.97. The lowest BCUT2D eigenvalue weighted by molar-refractivity contribution is -0.149. The Hall–Kier alpha value is -0.310. The zero-order valence-electron chi connectivity index (χ0n) is 10.1. The first-order valence-corrected chi connectivity index (χ1v) is 8.61. The summed E-state index contributed by atoms with van der Waals surface area (Å²) in [6, 6.07) is 0. The van der Waals surface area contributed by atoms with Gasteiger partial charge in [0.2, 0.25) is 6.41 Å². The van der Waals surface area contributed by atoms with Gasteiger partial charge >= 0.3 is 15.2 Å². The third kappa shape index (κ3) is 10.2. The third-order valence-corrected chi connectivity index (χ3v) is 4.07. The molecule has 1 fully saturated rings. The Labute approximate surface area is 109 Å². The second-order valence-corrected chi connectivity index (χ2v) is 7.29. The van der Waals surface area contributed by atoms with Crippen LogP contribution >= 0.6 is 15.2 Å². The van der Waals surface area contributed by atoms with Crippen LogP contribution in [-0.2, 0) is 18.7 Å². The molecule has 12 heteroatoms. The van der Waals surface area contributed by atoms with E-state index in [1.54, 1.807) is 6.92 Å². The highest BCUT2D eigenvalue weighted by atomic mass is 31.2. The average molecular weight is 321 g/mol. The summed E-state index contributed by atoms with van der Waals surface area (Å²) in [6.07, 6.45) is -0.312. The first-order chi connectivity index (χ1) is 8.47. The number of carbonyl (C=O) groups is 1. The van der Waals surface area contributed by atoms with Crippen LogP contribution in [0.5, 0.6) is 0 Å². The van der Waals surface area contributed by atoms with Gasteiger partial charge in [0.15, 0.2) is 5.85 Å². The maximum atomic E-state index is 10.2. The summed E-state index contributed by atoms with van der Waals surface area (Å²) in [4.78, 5) is 43.0. The fraction of sp³-hybridized carbons (Fsp3) is 0.857. The molecule has 2 atom stereocenters. The van der Waals surface area contributed by atoms with Gasteiger partial charge in [-0.2, -0.15) is 0 Å². The molecule has 10 nitrogen and oxygen atoms in total. The number of hydrogen-bond donors (Lipinski definition) is 5. The molecule has 114 valence electrons. The molecule has 19 heavy (non-hydrogen) atoms. The summed E-state index contributed by atoms with van der Waals surface area (Å²) >= 11 is 0. The van der Waals surface area contributed by atoms with Crippen LogP contribution in [0.1, 0.15) is 13.3 Å². The SMILES string of the molecule is C[C@@H]1O[C@@H]1P(=O)(O)O.O=CN(O)CCCP(=O)(O)O. The van der Waals surface area contributed by atoms with Crippen LogP contribution in [0.25, 0.3) is 0 Å². The van der Waals surface area contributed by atoms with Gasteiger partial charge in [0, 0.05) is 6.54 Å². The standard InChI is InChI=1S/C4H10NO5P.C3H7O4P/c6-4-5(7)2-1-3-11(8,9)10;1-2-3(7-2)8(4,5)6/h4,7H,1-3H2,(H2,8,9,10);2-3H,1H3,(H2,4,5,6)/t;2-,3+/m.0/s1. The van der Waals surface area contributed by atoms with Gasteiger partial charge in [-0.3, -0.25) is 19.1 Å². The van der Waals surface area contributed by atoms with E-state index >= 15 is 0 Å². The van der Waals surface area contributed by atoms with Crippen LogP contribution in [-0.4, -0.2) is 60.9 Å². The molecule has 1 aliphatic rings. The zero-order chi connectivity index (χ0) is 15.3. The predicted octanol–water partition coefficient (Wildman–Crippen LogP) is -0.689. The van der Waals surface area contributed by atoms with E-state index in [0.717, 1.165) is 0 Å². The number of nitrogens with zero attached hydrogens (tertiary/aromatic N) is 1. The van der Waals surface area contributed by atoms with E-state index in [0.29, 0.717) is 5.06 Å².